The Labute approximate surface area is 105 Å². The van der Waals surface area contributed by atoms with Crippen molar-refractivity contribution in [1.29, 1.82) is 0 Å². The van der Waals surface area contributed by atoms with Crippen molar-refractivity contribution in [2.75, 3.05) is 0 Å². The van der Waals surface area contributed by atoms with Gasteiger partial charge in [-0.2, -0.15) is 0 Å². The van der Waals surface area contributed by atoms with Crippen LogP contribution in [0.5, 0.6) is 5.75 Å². The molecule has 0 fully saturated rings. The highest BCUT2D eigenvalue weighted by atomic mass is 16.6. The first-order valence-corrected chi connectivity index (χ1v) is 5.69. The van der Waals surface area contributed by atoms with Crippen LogP contribution in [0.2, 0.25) is 0 Å². The fourth-order valence-electron chi connectivity index (χ4n) is 1.37. The van der Waals surface area contributed by atoms with Crippen LogP contribution >= 0.6 is 0 Å². The topological polar surface area (TPSA) is 92.5 Å². The Balaban J connectivity index is 2.75. The zero-order valence-corrected chi connectivity index (χ0v) is 10.3. The van der Waals surface area contributed by atoms with Crippen molar-refractivity contribution >= 4 is 11.6 Å². The van der Waals surface area contributed by atoms with E-state index < -0.39 is 4.92 Å². The molecule has 0 aliphatic carbocycles. The summed E-state index contributed by atoms with van der Waals surface area (Å²) in [5, 5.41) is 22.8. The minimum absolute atomic E-state index is 0.0648. The maximum absolute atomic E-state index is 11.6. The number of non-ortho nitro benzene ring substituents is 1. The van der Waals surface area contributed by atoms with E-state index in [1.54, 1.807) is 6.92 Å². The lowest BCUT2D eigenvalue weighted by atomic mass is 10.1. The molecule has 6 nitrogen and oxygen atoms in total. The number of hydrogen-bond acceptors (Lipinski definition) is 4. The molecule has 2 N–H and O–H groups in total. The van der Waals surface area contributed by atoms with Gasteiger partial charge in [0.15, 0.2) is 0 Å². The zero-order valence-electron chi connectivity index (χ0n) is 10.3. The summed E-state index contributed by atoms with van der Waals surface area (Å²) in [5.41, 5.74) is 0.224. The summed E-state index contributed by atoms with van der Waals surface area (Å²) < 4.78 is 0. The third-order valence-corrected chi connectivity index (χ3v) is 2.79. The molecule has 0 aliphatic rings. The number of carbonyl (C=O) groups is 1. The van der Waals surface area contributed by atoms with Gasteiger partial charge in [-0.3, -0.25) is 14.9 Å². The second kappa shape index (κ2) is 6.00. The normalized spacial score (nSPS) is 11.9. The quantitative estimate of drug-likeness (QED) is 0.619. The molecule has 1 atom stereocenters. The average molecular weight is 252 g/mol. The van der Waals surface area contributed by atoms with Crippen LogP contribution in [0.3, 0.4) is 0 Å². The van der Waals surface area contributed by atoms with Gasteiger partial charge in [-0.05, 0) is 12.5 Å². The van der Waals surface area contributed by atoms with E-state index in [0.29, 0.717) is 12.0 Å². The highest BCUT2D eigenvalue weighted by Crippen LogP contribution is 2.22. The predicted molar refractivity (Wildman–Crippen MR) is 66.1 cm³/mol. The fraction of sp³-hybridized carbons (Fsp3) is 0.417. The lowest BCUT2D eigenvalue weighted by Crippen LogP contribution is -2.28. The van der Waals surface area contributed by atoms with Gasteiger partial charge < -0.3 is 10.4 Å². The Morgan fingerprint density at radius 1 is 1.56 bits per heavy atom. The highest BCUT2D eigenvalue weighted by Gasteiger charge is 2.13. The van der Waals surface area contributed by atoms with Gasteiger partial charge in [-0.1, -0.05) is 13.8 Å². The molecule has 18 heavy (non-hydrogen) atoms. The van der Waals surface area contributed by atoms with E-state index >= 15 is 0 Å². The summed E-state index contributed by atoms with van der Waals surface area (Å²) in [6.07, 6.45) is 0.715. The summed E-state index contributed by atoms with van der Waals surface area (Å²) in [7, 11) is 0. The summed E-state index contributed by atoms with van der Waals surface area (Å²) in [4.78, 5) is 21.6. The van der Waals surface area contributed by atoms with Gasteiger partial charge in [0.1, 0.15) is 5.75 Å². The molecule has 1 aromatic rings. The summed E-state index contributed by atoms with van der Waals surface area (Å²) >= 11 is 0. The molecule has 0 spiro atoms. The van der Waals surface area contributed by atoms with Crippen LogP contribution in [-0.4, -0.2) is 15.9 Å². The number of aromatic hydroxyl groups is 1. The predicted octanol–water partition coefficient (Wildman–Crippen LogP) is 1.96. The molecule has 0 heterocycles. The van der Waals surface area contributed by atoms with E-state index in [9.17, 15) is 20.0 Å². The van der Waals surface area contributed by atoms with Crippen LogP contribution in [0.4, 0.5) is 5.69 Å². The zero-order chi connectivity index (χ0) is 13.7. The first-order valence-electron chi connectivity index (χ1n) is 5.69. The largest absolute Gasteiger partial charge is 0.508 e. The van der Waals surface area contributed by atoms with Crippen LogP contribution in [0.1, 0.15) is 25.8 Å². The molecule has 1 rings (SSSR count). The molecule has 6 heteroatoms. The minimum Gasteiger partial charge on any atom is -0.508 e. The van der Waals surface area contributed by atoms with Crippen molar-refractivity contribution in [3.8, 4) is 5.75 Å². The van der Waals surface area contributed by atoms with Gasteiger partial charge in [0.05, 0.1) is 4.92 Å². The summed E-state index contributed by atoms with van der Waals surface area (Å²) in [6.45, 7) is 3.77. The van der Waals surface area contributed by atoms with Crippen molar-refractivity contribution < 1.29 is 14.8 Å². The Hall–Kier alpha value is -2.11. The Kier molecular flexibility index (Phi) is 4.65. The van der Waals surface area contributed by atoms with Crippen molar-refractivity contribution in [1.82, 2.24) is 5.32 Å². The number of carbonyl (C=O) groups excluding carboxylic acids is 1. The number of phenolic OH excluding ortho intramolecular Hbond substituents is 1. The van der Waals surface area contributed by atoms with Gasteiger partial charge >= 0.3 is 0 Å². The number of benzene rings is 1. The van der Waals surface area contributed by atoms with Crippen LogP contribution in [0.25, 0.3) is 0 Å². The number of phenols is 1. The number of nitrogens with one attached hydrogen (secondary N) is 1. The molecule has 0 bridgehead atoms. The van der Waals surface area contributed by atoms with Gasteiger partial charge in [0.2, 0.25) is 5.91 Å². The molecule has 0 saturated carbocycles. The van der Waals surface area contributed by atoms with E-state index in [1.807, 2.05) is 6.92 Å². The first-order chi connectivity index (χ1) is 8.45. The molecular weight excluding hydrogens is 236 g/mol. The fourth-order valence-corrected chi connectivity index (χ4v) is 1.37. The summed E-state index contributed by atoms with van der Waals surface area (Å²) in [6, 6.07) is 3.73. The maximum Gasteiger partial charge on any atom is 0.270 e. The first kappa shape index (κ1) is 14.0. The molecule has 1 amide bonds. The van der Waals surface area contributed by atoms with Crippen molar-refractivity contribution in [3.63, 3.8) is 0 Å². The standard InChI is InChI=1S/C12H16N2O4/c1-3-8(2)12(16)13-7-9-6-10(14(17)18)4-5-11(9)15/h4-6,8,15H,3,7H2,1-2H3,(H,13,16). The highest BCUT2D eigenvalue weighted by molar-refractivity contribution is 5.78. The number of nitro benzene ring substituents is 1. The number of nitrogens with zero attached hydrogens (tertiary/aromatic N) is 1. The van der Waals surface area contributed by atoms with Crippen molar-refractivity contribution in [2.45, 2.75) is 26.8 Å². The molecule has 0 saturated heterocycles. The third-order valence-electron chi connectivity index (χ3n) is 2.79. The molecule has 1 unspecified atom stereocenters. The van der Waals surface area contributed by atoms with Crippen LogP contribution in [0.15, 0.2) is 18.2 Å². The lowest BCUT2D eigenvalue weighted by molar-refractivity contribution is -0.384. The Morgan fingerprint density at radius 2 is 2.22 bits per heavy atom. The molecule has 0 radical (unpaired) electrons. The number of amides is 1. The lowest BCUT2D eigenvalue weighted by Gasteiger charge is -2.10. The van der Waals surface area contributed by atoms with Crippen molar-refractivity contribution in [3.05, 3.63) is 33.9 Å². The number of rotatable bonds is 5. The Morgan fingerprint density at radius 3 is 2.78 bits per heavy atom. The monoisotopic (exact) mass is 252 g/mol. The van der Waals surface area contributed by atoms with E-state index in [0.717, 1.165) is 0 Å². The minimum atomic E-state index is -0.542. The van der Waals surface area contributed by atoms with E-state index in [1.165, 1.54) is 18.2 Å². The molecule has 0 aliphatic heterocycles. The van der Waals surface area contributed by atoms with Crippen molar-refractivity contribution in [2.24, 2.45) is 5.92 Å². The SMILES string of the molecule is CCC(C)C(=O)NCc1cc([N+](=O)[O-])ccc1O. The third kappa shape index (κ3) is 3.44. The molecular formula is C12H16N2O4. The van der Waals surface area contributed by atoms with Gasteiger partial charge in [0.25, 0.3) is 5.69 Å². The van der Waals surface area contributed by atoms with Gasteiger partial charge in [0, 0.05) is 30.2 Å². The van der Waals surface area contributed by atoms with E-state index in [4.69, 9.17) is 0 Å². The second-order valence-corrected chi connectivity index (χ2v) is 4.10. The van der Waals surface area contributed by atoms with Gasteiger partial charge in [-0.15, -0.1) is 0 Å². The van der Waals surface area contributed by atoms with Crippen LogP contribution in [0, 0.1) is 16.0 Å². The molecule has 0 aromatic heterocycles. The van der Waals surface area contributed by atoms with E-state index in [2.05, 4.69) is 5.32 Å². The smallest absolute Gasteiger partial charge is 0.270 e. The van der Waals surface area contributed by atoms with Crippen LogP contribution in [-0.2, 0) is 11.3 Å². The van der Waals surface area contributed by atoms with Crippen LogP contribution < -0.4 is 5.32 Å². The second-order valence-electron chi connectivity index (χ2n) is 4.10. The maximum atomic E-state index is 11.6. The number of hydrogen-bond donors (Lipinski definition) is 2. The van der Waals surface area contributed by atoms with Gasteiger partial charge in [-0.25, -0.2) is 0 Å². The van der Waals surface area contributed by atoms with E-state index in [-0.39, 0.29) is 29.8 Å². The average Bonchev–Trinajstić information content (AvgIpc) is 2.36. The number of nitro groups is 1. The summed E-state index contributed by atoms with van der Waals surface area (Å²) in [5.74, 6) is -0.320. The molecule has 1 aromatic carbocycles. The Bertz CT molecular complexity index is 459. The molecule has 98 valence electrons.